The van der Waals surface area contributed by atoms with Gasteiger partial charge in [-0.2, -0.15) is 0 Å². The van der Waals surface area contributed by atoms with Gasteiger partial charge in [0, 0.05) is 43.6 Å². The van der Waals surface area contributed by atoms with E-state index in [1.165, 1.54) is 11.1 Å². The van der Waals surface area contributed by atoms with Crippen LogP contribution in [-0.4, -0.2) is 54.2 Å². The number of likely N-dealkylation sites (tertiary alicyclic amines) is 1. The number of pyridine rings is 1. The fraction of sp³-hybridized carbons (Fsp3) is 0.429. The zero-order valence-corrected chi connectivity index (χ0v) is 24.7. The first kappa shape index (κ1) is 28.6. The Balaban J connectivity index is 1.15. The van der Waals surface area contributed by atoms with Crippen LogP contribution in [0, 0.1) is 11.2 Å². The van der Waals surface area contributed by atoms with Gasteiger partial charge in [-0.25, -0.2) is 4.39 Å². The number of ether oxygens (including phenoxy) is 2. The summed E-state index contributed by atoms with van der Waals surface area (Å²) in [6, 6.07) is 17.4. The molecular weight excluding hydrogens is 529 g/mol. The molecule has 0 unspecified atom stereocenters. The van der Waals surface area contributed by atoms with E-state index in [9.17, 15) is 9.18 Å². The zero-order valence-electron chi connectivity index (χ0n) is 24.7. The minimum atomic E-state index is -0.226. The number of benzene rings is 2. The SMILES string of the molecule is CC(C)N1CC2(CC(=C(c3ccc(F)cc3)c3ccc([C@@H](C)NC(=O)c4cncc(OC5CCOCC5)c4)cc3)C2)C1. The molecule has 1 aliphatic carbocycles. The van der Waals surface area contributed by atoms with Gasteiger partial charge in [0.05, 0.1) is 31.0 Å². The Morgan fingerprint density at radius 2 is 1.62 bits per heavy atom. The normalized spacial score (nSPS) is 19.2. The van der Waals surface area contributed by atoms with Crippen LogP contribution < -0.4 is 10.1 Å². The number of nitrogens with zero attached hydrogens (tertiary/aromatic N) is 2. The largest absolute Gasteiger partial charge is 0.489 e. The molecule has 42 heavy (non-hydrogen) atoms. The molecule has 2 saturated heterocycles. The third-order valence-electron chi connectivity index (χ3n) is 8.96. The number of nitrogens with one attached hydrogen (secondary N) is 1. The molecule has 7 heteroatoms. The summed E-state index contributed by atoms with van der Waals surface area (Å²) >= 11 is 0. The molecule has 220 valence electrons. The number of amides is 1. The predicted molar refractivity (Wildman–Crippen MR) is 162 cm³/mol. The van der Waals surface area contributed by atoms with Gasteiger partial charge >= 0.3 is 0 Å². The summed E-state index contributed by atoms with van der Waals surface area (Å²) in [6.45, 7) is 10.2. The number of carbonyl (C=O) groups excluding carboxylic acids is 1. The Hall–Kier alpha value is -3.55. The third kappa shape index (κ3) is 6.13. The first-order valence-electron chi connectivity index (χ1n) is 15.1. The molecule has 0 radical (unpaired) electrons. The molecule has 3 fully saturated rings. The molecule has 1 atom stereocenters. The maximum Gasteiger partial charge on any atom is 0.253 e. The lowest BCUT2D eigenvalue weighted by Crippen LogP contribution is -2.62. The maximum absolute atomic E-state index is 13.8. The van der Waals surface area contributed by atoms with Crippen LogP contribution in [0.15, 0.2) is 72.6 Å². The first-order valence-corrected chi connectivity index (χ1v) is 15.1. The van der Waals surface area contributed by atoms with Crippen LogP contribution in [-0.2, 0) is 4.74 Å². The van der Waals surface area contributed by atoms with E-state index in [1.54, 1.807) is 30.6 Å². The van der Waals surface area contributed by atoms with Crippen LogP contribution in [0.5, 0.6) is 5.75 Å². The first-order chi connectivity index (χ1) is 20.3. The highest BCUT2D eigenvalue weighted by Gasteiger charge is 2.51. The fourth-order valence-electron chi connectivity index (χ4n) is 6.52. The van der Waals surface area contributed by atoms with Crippen LogP contribution in [0.2, 0.25) is 0 Å². The highest BCUT2D eigenvalue weighted by atomic mass is 19.1. The number of hydrogen-bond donors (Lipinski definition) is 1. The lowest BCUT2D eigenvalue weighted by atomic mass is 9.58. The second-order valence-corrected chi connectivity index (χ2v) is 12.5. The number of hydrogen-bond acceptors (Lipinski definition) is 5. The van der Waals surface area contributed by atoms with Gasteiger partial charge in [-0.15, -0.1) is 0 Å². The van der Waals surface area contributed by atoms with Crippen LogP contribution in [0.3, 0.4) is 0 Å². The fourth-order valence-corrected chi connectivity index (χ4v) is 6.52. The van der Waals surface area contributed by atoms with Gasteiger partial charge in [0.25, 0.3) is 5.91 Å². The quantitative estimate of drug-likeness (QED) is 0.332. The minimum absolute atomic E-state index is 0.0833. The molecule has 1 N–H and O–H groups in total. The van der Waals surface area contributed by atoms with E-state index in [1.807, 2.05) is 19.1 Å². The van der Waals surface area contributed by atoms with Crippen LogP contribution in [0.1, 0.15) is 79.5 Å². The highest BCUT2D eigenvalue weighted by Crippen LogP contribution is 2.55. The number of aromatic nitrogens is 1. The van der Waals surface area contributed by atoms with Crippen LogP contribution in [0.4, 0.5) is 4.39 Å². The Bertz CT molecular complexity index is 1430. The molecule has 1 aromatic heterocycles. The molecule has 3 aliphatic rings. The van der Waals surface area contributed by atoms with Crippen molar-refractivity contribution >= 4 is 11.5 Å². The van der Waals surface area contributed by atoms with E-state index in [-0.39, 0.29) is 23.9 Å². The van der Waals surface area contributed by atoms with Crippen molar-refractivity contribution in [2.45, 2.75) is 64.6 Å². The summed E-state index contributed by atoms with van der Waals surface area (Å²) < 4.78 is 25.2. The van der Waals surface area contributed by atoms with Crippen molar-refractivity contribution in [2.24, 2.45) is 5.41 Å². The smallest absolute Gasteiger partial charge is 0.253 e. The van der Waals surface area contributed by atoms with Crippen LogP contribution >= 0.6 is 0 Å². The molecule has 0 bridgehead atoms. The Morgan fingerprint density at radius 1 is 0.976 bits per heavy atom. The zero-order chi connectivity index (χ0) is 29.3. The van der Waals surface area contributed by atoms with E-state index < -0.39 is 0 Å². The van der Waals surface area contributed by atoms with Crippen molar-refractivity contribution in [2.75, 3.05) is 26.3 Å². The number of halogens is 1. The molecule has 2 aromatic carbocycles. The van der Waals surface area contributed by atoms with Crippen molar-refractivity contribution in [3.05, 3.63) is 101 Å². The van der Waals surface area contributed by atoms with Crippen LogP contribution in [0.25, 0.3) is 5.57 Å². The molecule has 6 rings (SSSR count). The summed E-state index contributed by atoms with van der Waals surface area (Å²) in [5.74, 6) is 0.182. The van der Waals surface area contributed by atoms with Gasteiger partial charge in [0.2, 0.25) is 0 Å². The average Bonchev–Trinajstić information content (AvgIpc) is 2.95. The monoisotopic (exact) mass is 569 g/mol. The molecule has 1 saturated carbocycles. The molecule has 2 aliphatic heterocycles. The summed E-state index contributed by atoms with van der Waals surface area (Å²) in [5, 5.41) is 3.10. The van der Waals surface area contributed by atoms with Crippen molar-refractivity contribution < 1.29 is 18.7 Å². The summed E-state index contributed by atoms with van der Waals surface area (Å²) in [6.07, 6.45) is 7.14. The topological polar surface area (TPSA) is 63.7 Å². The second-order valence-electron chi connectivity index (χ2n) is 12.5. The van der Waals surface area contributed by atoms with E-state index in [4.69, 9.17) is 9.47 Å². The van der Waals surface area contributed by atoms with Gasteiger partial charge in [0.15, 0.2) is 0 Å². The number of carbonyl (C=O) groups is 1. The molecule has 1 spiro atoms. The predicted octanol–water partition coefficient (Wildman–Crippen LogP) is 6.58. The van der Waals surface area contributed by atoms with E-state index in [2.05, 4.69) is 53.3 Å². The summed E-state index contributed by atoms with van der Waals surface area (Å²) in [4.78, 5) is 19.9. The van der Waals surface area contributed by atoms with Gasteiger partial charge < -0.3 is 14.8 Å². The van der Waals surface area contributed by atoms with E-state index in [0.717, 1.165) is 55.5 Å². The average molecular weight is 570 g/mol. The number of rotatable bonds is 8. The molecule has 1 amide bonds. The van der Waals surface area contributed by atoms with Gasteiger partial charge in [0.1, 0.15) is 17.7 Å². The standard InChI is InChI=1S/C35H40FN3O3/c1-23(2)39-21-35(22-39)17-29(18-35)33(27-8-10-30(36)11-9-27)26-6-4-25(5-7-26)24(3)38-34(40)28-16-32(20-37-19-28)42-31-12-14-41-15-13-31/h4-11,16,19-20,23-24,31H,12-15,17-18,21-22H2,1-3H3,(H,38,40)/t24-/m1/s1. The van der Waals surface area contributed by atoms with Crippen molar-refractivity contribution in [1.29, 1.82) is 0 Å². The third-order valence-corrected chi connectivity index (χ3v) is 8.96. The van der Waals surface area contributed by atoms with Crippen molar-refractivity contribution in [3.8, 4) is 5.75 Å². The minimum Gasteiger partial charge on any atom is -0.489 e. The van der Waals surface area contributed by atoms with Crippen molar-refractivity contribution in [3.63, 3.8) is 0 Å². The van der Waals surface area contributed by atoms with E-state index >= 15 is 0 Å². The Kier molecular flexibility index (Phi) is 8.15. The molecular formula is C35H40FN3O3. The summed E-state index contributed by atoms with van der Waals surface area (Å²) in [5.41, 5.74) is 6.69. The van der Waals surface area contributed by atoms with E-state index in [0.29, 0.717) is 36.0 Å². The Morgan fingerprint density at radius 3 is 2.26 bits per heavy atom. The Labute approximate surface area is 247 Å². The second kappa shape index (κ2) is 12.0. The molecule has 3 heterocycles. The number of allylic oxidation sites excluding steroid dienone is 1. The van der Waals surface area contributed by atoms with Gasteiger partial charge in [-0.3, -0.25) is 14.7 Å². The summed E-state index contributed by atoms with van der Waals surface area (Å²) in [7, 11) is 0. The van der Waals surface area contributed by atoms with Gasteiger partial charge in [-0.1, -0.05) is 42.0 Å². The molecule has 6 nitrogen and oxygen atoms in total. The molecule has 3 aromatic rings. The lowest BCUT2D eigenvalue weighted by molar-refractivity contribution is -0.0486. The van der Waals surface area contributed by atoms with Crippen molar-refractivity contribution in [1.82, 2.24) is 15.2 Å². The van der Waals surface area contributed by atoms with Gasteiger partial charge in [-0.05, 0) is 74.1 Å². The highest BCUT2D eigenvalue weighted by molar-refractivity contribution is 5.94. The lowest BCUT2D eigenvalue weighted by Gasteiger charge is -2.59. The maximum atomic E-state index is 13.8.